The van der Waals surface area contributed by atoms with Crippen LogP contribution in [0.3, 0.4) is 0 Å². The lowest BCUT2D eigenvalue weighted by Gasteiger charge is -2.44. The maximum absolute atomic E-state index is 10.3. The van der Waals surface area contributed by atoms with Crippen molar-refractivity contribution in [1.29, 1.82) is 0 Å². The van der Waals surface area contributed by atoms with Crippen LogP contribution in [0.15, 0.2) is 46.9 Å². The lowest BCUT2D eigenvalue weighted by molar-refractivity contribution is 0.0583. The van der Waals surface area contributed by atoms with E-state index < -0.39 is 0 Å². The van der Waals surface area contributed by atoms with Crippen molar-refractivity contribution in [3.8, 4) is 5.75 Å². The fourth-order valence-corrected chi connectivity index (χ4v) is 6.53. The van der Waals surface area contributed by atoms with Crippen molar-refractivity contribution in [2.75, 3.05) is 20.2 Å². The molecule has 0 amide bonds. The molecule has 0 spiro atoms. The molecule has 1 aliphatic heterocycles. The number of ether oxygens (including phenoxy) is 1. The highest BCUT2D eigenvalue weighted by molar-refractivity contribution is 9.10. The number of aliphatic hydroxyl groups excluding tert-OH is 1. The zero-order valence-electron chi connectivity index (χ0n) is 17.9. The van der Waals surface area contributed by atoms with Crippen LogP contribution in [-0.2, 0) is 12.8 Å². The van der Waals surface area contributed by atoms with E-state index in [1.165, 1.54) is 34.1 Å². The number of methoxy groups -OCH3 is 1. The van der Waals surface area contributed by atoms with Crippen LogP contribution in [0.2, 0.25) is 0 Å². The molecule has 2 N–H and O–H groups in total. The van der Waals surface area contributed by atoms with Crippen LogP contribution in [0.5, 0.6) is 5.75 Å². The molecule has 3 aliphatic rings. The quantitative estimate of drug-likeness (QED) is 0.546. The number of aliphatic hydroxyl groups is 1. The molecular weight excluding hydrogens is 452 g/mol. The number of likely N-dealkylation sites (tertiary alicyclic amines) is 1. The smallest absolute Gasteiger partial charge is 0.119 e. The lowest BCUT2D eigenvalue weighted by Crippen LogP contribution is -2.46. The van der Waals surface area contributed by atoms with E-state index >= 15 is 0 Å². The number of aromatic nitrogens is 1. The van der Waals surface area contributed by atoms with Crippen LogP contribution < -0.4 is 4.74 Å². The van der Waals surface area contributed by atoms with Gasteiger partial charge in [0.05, 0.1) is 13.2 Å². The van der Waals surface area contributed by atoms with E-state index in [1.54, 1.807) is 7.11 Å². The van der Waals surface area contributed by atoms with Crippen LogP contribution in [0.1, 0.15) is 35.7 Å². The zero-order valence-corrected chi connectivity index (χ0v) is 19.4. The molecule has 5 unspecified atom stereocenters. The maximum atomic E-state index is 10.3. The van der Waals surface area contributed by atoms with Crippen LogP contribution in [0.4, 0.5) is 0 Å². The number of benzene rings is 2. The Kier molecular flexibility index (Phi) is 4.89. The Hall–Kier alpha value is -1.82. The summed E-state index contributed by atoms with van der Waals surface area (Å²) in [6.45, 7) is 2.21. The van der Waals surface area contributed by atoms with Crippen LogP contribution in [0.25, 0.3) is 10.9 Å². The van der Waals surface area contributed by atoms with Crippen LogP contribution in [-0.4, -0.2) is 41.3 Å². The molecule has 2 fully saturated rings. The summed E-state index contributed by atoms with van der Waals surface area (Å²) in [5.74, 6) is 2.66. The average molecular weight is 481 g/mol. The molecule has 0 bridgehead atoms. The Morgan fingerprint density at radius 2 is 2.03 bits per heavy atom. The van der Waals surface area contributed by atoms with Crippen LogP contribution in [0, 0.1) is 17.8 Å². The molecule has 6 rings (SSSR count). The van der Waals surface area contributed by atoms with Gasteiger partial charge in [0, 0.05) is 39.6 Å². The number of hydrogen-bond acceptors (Lipinski definition) is 3. The maximum Gasteiger partial charge on any atom is 0.119 e. The minimum absolute atomic E-state index is 0.168. The summed E-state index contributed by atoms with van der Waals surface area (Å²) in [5.41, 5.74) is 5.51. The molecule has 2 aliphatic carbocycles. The standard InChI is InChI=1S/C26H29BrN2O2/c1-31-19-4-2-3-16(9-19)26(22-13-25(22)30)29-8-7-15-11-23-21(10-17(15)14-29)20-6-5-18(27)12-24(20)28-23/h2-6,9,12,15,17,22,25-26,28,30H,7-8,10-11,13-14H2,1H3. The van der Waals surface area contributed by atoms with Gasteiger partial charge in [-0.3, -0.25) is 4.90 Å². The van der Waals surface area contributed by atoms with E-state index in [2.05, 4.69) is 62.2 Å². The van der Waals surface area contributed by atoms with E-state index in [1.807, 2.05) is 6.07 Å². The molecule has 31 heavy (non-hydrogen) atoms. The van der Waals surface area contributed by atoms with Gasteiger partial charge >= 0.3 is 0 Å². The van der Waals surface area contributed by atoms with Gasteiger partial charge < -0.3 is 14.8 Å². The zero-order chi connectivity index (χ0) is 21.1. The minimum Gasteiger partial charge on any atom is -0.497 e. The average Bonchev–Trinajstić information content (AvgIpc) is 3.38. The molecule has 2 aromatic carbocycles. The number of aromatic amines is 1. The minimum atomic E-state index is -0.168. The molecule has 5 heteroatoms. The summed E-state index contributed by atoms with van der Waals surface area (Å²) in [6, 6.07) is 15.4. The van der Waals surface area contributed by atoms with Gasteiger partial charge in [-0.05, 0) is 79.5 Å². The highest BCUT2D eigenvalue weighted by atomic mass is 79.9. The molecule has 162 valence electrons. The fraction of sp³-hybridized carbons (Fsp3) is 0.462. The van der Waals surface area contributed by atoms with Crippen molar-refractivity contribution in [3.63, 3.8) is 0 Å². The number of hydrogen-bond donors (Lipinski definition) is 2. The Morgan fingerprint density at radius 1 is 1.16 bits per heavy atom. The van der Waals surface area contributed by atoms with Crippen molar-refractivity contribution in [1.82, 2.24) is 9.88 Å². The van der Waals surface area contributed by atoms with Crippen molar-refractivity contribution < 1.29 is 9.84 Å². The van der Waals surface area contributed by atoms with E-state index in [-0.39, 0.29) is 12.1 Å². The molecule has 1 saturated carbocycles. The SMILES string of the molecule is COc1cccc(C(C2CC2O)N2CCC3Cc4[nH]c5cc(Br)ccc5c4CC3C2)c1. The number of nitrogens with zero attached hydrogens (tertiary/aromatic N) is 1. The van der Waals surface area contributed by atoms with E-state index in [0.717, 1.165) is 48.5 Å². The second-order valence-corrected chi connectivity index (χ2v) is 10.6. The normalized spacial score (nSPS) is 28.7. The van der Waals surface area contributed by atoms with E-state index in [4.69, 9.17) is 4.74 Å². The van der Waals surface area contributed by atoms with Crippen molar-refractivity contribution in [2.45, 2.75) is 37.8 Å². The van der Waals surface area contributed by atoms with Gasteiger partial charge in [0.2, 0.25) is 0 Å². The van der Waals surface area contributed by atoms with Crippen LogP contribution >= 0.6 is 15.9 Å². The van der Waals surface area contributed by atoms with Gasteiger partial charge in [0.25, 0.3) is 0 Å². The van der Waals surface area contributed by atoms with Crippen molar-refractivity contribution >= 4 is 26.8 Å². The summed E-state index contributed by atoms with van der Waals surface area (Å²) in [4.78, 5) is 6.37. The first kappa shape index (κ1) is 19.8. The Balaban J connectivity index is 1.29. The second-order valence-electron chi connectivity index (χ2n) is 9.67. The van der Waals surface area contributed by atoms with Gasteiger partial charge in [0.15, 0.2) is 0 Å². The highest BCUT2D eigenvalue weighted by Gasteiger charge is 2.47. The largest absolute Gasteiger partial charge is 0.497 e. The van der Waals surface area contributed by atoms with Gasteiger partial charge in [-0.15, -0.1) is 0 Å². The molecule has 1 saturated heterocycles. The van der Waals surface area contributed by atoms with Crippen molar-refractivity contribution in [2.24, 2.45) is 17.8 Å². The Bertz CT molecular complexity index is 1130. The number of nitrogens with one attached hydrogen (secondary N) is 1. The molecule has 3 aromatic rings. The van der Waals surface area contributed by atoms with E-state index in [9.17, 15) is 5.11 Å². The molecule has 1 aromatic heterocycles. The molecule has 5 atom stereocenters. The summed E-state index contributed by atoms with van der Waals surface area (Å²) in [5, 5.41) is 11.7. The first-order valence-electron chi connectivity index (χ1n) is 11.5. The first-order valence-corrected chi connectivity index (χ1v) is 12.2. The highest BCUT2D eigenvalue weighted by Crippen LogP contribution is 2.48. The molecule has 2 heterocycles. The predicted molar refractivity (Wildman–Crippen MR) is 126 cm³/mol. The molecular formula is C26H29BrN2O2. The molecule has 0 radical (unpaired) electrons. The Labute approximate surface area is 191 Å². The number of rotatable bonds is 4. The summed E-state index contributed by atoms with van der Waals surface area (Å²) in [6.07, 6.45) is 4.28. The number of H-pyrrole nitrogens is 1. The molecule has 4 nitrogen and oxygen atoms in total. The summed E-state index contributed by atoms with van der Waals surface area (Å²) >= 11 is 3.61. The number of halogens is 1. The number of piperidine rings is 1. The van der Waals surface area contributed by atoms with E-state index in [0.29, 0.717) is 11.8 Å². The monoisotopic (exact) mass is 480 g/mol. The topological polar surface area (TPSA) is 48.5 Å². The van der Waals surface area contributed by atoms with Crippen molar-refractivity contribution in [3.05, 3.63) is 63.8 Å². The summed E-state index contributed by atoms with van der Waals surface area (Å²) in [7, 11) is 1.73. The second kappa shape index (κ2) is 7.65. The fourth-order valence-electron chi connectivity index (χ4n) is 6.17. The third-order valence-electron chi connectivity index (χ3n) is 7.85. The third kappa shape index (κ3) is 3.51. The van der Waals surface area contributed by atoms with Gasteiger partial charge in [-0.1, -0.05) is 34.1 Å². The first-order chi connectivity index (χ1) is 15.1. The Morgan fingerprint density at radius 3 is 2.84 bits per heavy atom. The lowest BCUT2D eigenvalue weighted by atomic mass is 9.73. The van der Waals surface area contributed by atoms with Gasteiger partial charge in [-0.25, -0.2) is 0 Å². The summed E-state index contributed by atoms with van der Waals surface area (Å²) < 4.78 is 6.63. The number of fused-ring (bicyclic) bond motifs is 4. The predicted octanol–water partition coefficient (Wildman–Crippen LogP) is 5.10. The van der Waals surface area contributed by atoms with Gasteiger partial charge in [-0.2, -0.15) is 0 Å². The third-order valence-corrected chi connectivity index (χ3v) is 8.34. The van der Waals surface area contributed by atoms with Gasteiger partial charge in [0.1, 0.15) is 5.75 Å².